The van der Waals surface area contributed by atoms with Crippen LogP contribution in [0.25, 0.3) is 0 Å². The van der Waals surface area contributed by atoms with Crippen LogP contribution >= 0.6 is 0 Å². The van der Waals surface area contributed by atoms with Crippen LogP contribution in [0.4, 0.5) is 8.78 Å². The van der Waals surface area contributed by atoms with E-state index in [1.54, 1.807) is 17.1 Å². The van der Waals surface area contributed by atoms with Crippen LogP contribution in [0.15, 0.2) is 30.6 Å². The van der Waals surface area contributed by atoms with E-state index in [1.165, 1.54) is 6.07 Å². The summed E-state index contributed by atoms with van der Waals surface area (Å²) < 4.78 is 28.0. The Morgan fingerprint density at radius 1 is 1.39 bits per heavy atom. The van der Waals surface area contributed by atoms with E-state index >= 15 is 0 Å². The molecule has 5 heteroatoms. The molecule has 0 radical (unpaired) electrons. The molecule has 0 bridgehead atoms. The lowest BCUT2D eigenvalue weighted by molar-refractivity contribution is 0.566. The number of nitrogens with zero attached hydrogens (tertiary/aromatic N) is 2. The summed E-state index contributed by atoms with van der Waals surface area (Å²) in [4.78, 5) is 0. The molecule has 1 aromatic carbocycles. The van der Waals surface area contributed by atoms with Crippen molar-refractivity contribution in [1.82, 2.24) is 9.78 Å². The van der Waals surface area contributed by atoms with Crippen LogP contribution in [-0.4, -0.2) is 9.78 Å². The van der Waals surface area contributed by atoms with E-state index in [9.17, 15) is 8.78 Å². The summed E-state index contributed by atoms with van der Waals surface area (Å²) in [6, 6.07) is 3.32. The quantitative estimate of drug-likeness (QED) is 0.907. The lowest BCUT2D eigenvalue weighted by atomic mass is 10.1. The first-order chi connectivity index (χ1) is 8.60. The predicted molar refractivity (Wildman–Crippen MR) is 64.9 cm³/mol. The molecule has 2 N–H and O–H groups in total. The molecule has 0 aliphatic carbocycles. The summed E-state index contributed by atoms with van der Waals surface area (Å²) in [5.41, 5.74) is 7.04. The maximum absolute atomic E-state index is 13.5. The smallest absolute Gasteiger partial charge is 0.128 e. The number of nitrogens with two attached hydrogens (primary N) is 1. The van der Waals surface area contributed by atoms with Crippen molar-refractivity contribution >= 4 is 0 Å². The fourth-order valence-electron chi connectivity index (χ4n) is 1.73. The van der Waals surface area contributed by atoms with Gasteiger partial charge in [-0.05, 0) is 24.6 Å². The van der Waals surface area contributed by atoms with Gasteiger partial charge in [-0.3, -0.25) is 4.68 Å². The molecule has 18 heavy (non-hydrogen) atoms. The first-order valence-electron chi connectivity index (χ1n) is 5.82. The van der Waals surface area contributed by atoms with Gasteiger partial charge in [0.15, 0.2) is 0 Å². The summed E-state index contributed by atoms with van der Waals surface area (Å²) in [6.45, 7) is 2.17. The van der Waals surface area contributed by atoms with Crippen LogP contribution in [0.2, 0.25) is 0 Å². The largest absolute Gasteiger partial charge is 0.324 e. The van der Waals surface area contributed by atoms with Crippen LogP contribution < -0.4 is 5.73 Å². The van der Waals surface area contributed by atoms with Gasteiger partial charge in [0.1, 0.15) is 11.6 Å². The SMILES string of the molecule is CCC(N)c1cnn(Cc2cc(F)ccc2F)c1. The molecular weight excluding hydrogens is 236 g/mol. The van der Waals surface area contributed by atoms with Gasteiger partial charge in [-0.1, -0.05) is 6.92 Å². The van der Waals surface area contributed by atoms with Crippen molar-refractivity contribution in [2.75, 3.05) is 0 Å². The maximum Gasteiger partial charge on any atom is 0.128 e. The highest BCUT2D eigenvalue weighted by Gasteiger charge is 2.09. The minimum Gasteiger partial charge on any atom is -0.324 e. The van der Waals surface area contributed by atoms with Gasteiger partial charge in [-0.15, -0.1) is 0 Å². The topological polar surface area (TPSA) is 43.8 Å². The third-order valence-electron chi connectivity index (χ3n) is 2.86. The molecule has 3 nitrogen and oxygen atoms in total. The third kappa shape index (κ3) is 2.73. The molecule has 0 saturated carbocycles. The zero-order chi connectivity index (χ0) is 13.1. The standard InChI is InChI=1S/C13H15F2N3/c1-2-13(16)10-6-17-18(8-10)7-9-5-11(14)3-4-12(9)15/h3-6,8,13H,2,7,16H2,1H3. The number of benzene rings is 1. The first kappa shape index (κ1) is 12.7. The van der Waals surface area contributed by atoms with E-state index < -0.39 is 11.6 Å². The molecule has 1 atom stereocenters. The van der Waals surface area contributed by atoms with Crippen molar-refractivity contribution in [2.24, 2.45) is 5.73 Å². The minimum atomic E-state index is -0.455. The van der Waals surface area contributed by atoms with Gasteiger partial charge >= 0.3 is 0 Å². The minimum absolute atomic E-state index is 0.0730. The van der Waals surface area contributed by atoms with Crippen molar-refractivity contribution in [2.45, 2.75) is 25.9 Å². The Balaban J connectivity index is 2.18. The Kier molecular flexibility index (Phi) is 3.72. The van der Waals surface area contributed by atoms with Gasteiger partial charge in [0.2, 0.25) is 0 Å². The summed E-state index contributed by atoms with van der Waals surface area (Å²) in [5, 5.41) is 4.10. The first-order valence-corrected chi connectivity index (χ1v) is 5.82. The van der Waals surface area contributed by atoms with Crippen molar-refractivity contribution in [3.8, 4) is 0 Å². The Hall–Kier alpha value is -1.75. The molecule has 2 aromatic rings. The number of aromatic nitrogens is 2. The normalized spacial score (nSPS) is 12.7. The predicted octanol–water partition coefficient (Wildman–Crippen LogP) is 2.62. The highest BCUT2D eigenvalue weighted by atomic mass is 19.1. The summed E-state index contributed by atoms with van der Waals surface area (Å²) in [6.07, 6.45) is 4.23. The van der Waals surface area contributed by atoms with E-state index in [4.69, 9.17) is 5.73 Å². The van der Waals surface area contributed by atoms with Crippen LogP contribution in [0, 0.1) is 11.6 Å². The van der Waals surface area contributed by atoms with Crippen LogP contribution in [-0.2, 0) is 6.54 Å². The molecule has 2 rings (SSSR count). The maximum atomic E-state index is 13.5. The molecule has 1 heterocycles. The van der Waals surface area contributed by atoms with Gasteiger partial charge in [-0.25, -0.2) is 8.78 Å². The molecule has 0 aliphatic rings. The third-order valence-corrected chi connectivity index (χ3v) is 2.86. The molecule has 1 unspecified atom stereocenters. The summed E-state index contributed by atoms with van der Waals surface area (Å²) in [7, 11) is 0. The molecule has 0 saturated heterocycles. The second-order valence-electron chi connectivity index (χ2n) is 4.22. The molecule has 0 fully saturated rings. The van der Waals surface area contributed by atoms with Crippen LogP contribution in [0.3, 0.4) is 0 Å². The zero-order valence-corrected chi connectivity index (χ0v) is 10.1. The van der Waals surface area contributed by atoms with Gasteiger partial charge in [0.25, 0.3) is 0 Å². The number of hydrogen-bond acceptors (Lipinski definition) is 2. The van der Waals surface area contributed by atoms with Gasteiger partial charge in [0, 0.05) is 23.4 Å². The fraction of sp³-hybridized carbons (Fsp3) is 0.308. The summed E-state index contributed by atoms with van der Waals surface area (Å²) >= 11 is 0. The van der Waals surface area contributed by atoms with Crippen LogP contribution in [0.5, 0.6) is 0 Å². The fourth-order valence-corrected chi connectivity index (χ4v) is 1.73. The number of halogens is 2. The van der Waals surface area contributed by atoms with E-state index in [0.29, 0.717) is 0 Å². The molecule has 0 amide bonds. The Morgan fingerprint density at radius 2 is 2.17 bits per heavy atom. The van der Waals surface area contributed by atoms with Crippen molar-refractivity contribution in [3.05, 3.63) is 53.4 Å². The second kappa shape index (κ2) is 5.27. The molecule has 96 valence electrons. The van der Waals surface area contributed by atoms with Crippen LogP contribution in [0.1, 0.15) is 30.5 Å². The Bertz CT molecular complexity index is 537. The Labute approximate surface area is 104 Å². The average molecular weight is 251 g/mol. The van der Waals surface area contributed by atoms with Gasteiger partial charge < -0.3 is 5.73 Å². The van der Waals surface area contributed by atoms with E-state index in [0.717, 1.165) is 24.1 Å². The zero-order valence-electron chi connectivity index (χ0n) is 10.1. The van der Waals surface area contributed by atoms with Crippen molar-refractivity contribution in [3.63, 3.8) is 0 Å². The summed E-state index contributed by atoms with van der Waals surface area (Å²) in [5.74, 6) is -0.891. The van der Waals surface area contributed by atoms with Crippen molar-refractivity contribution < 1.29 is 8.78 Å². The van der Waals surface area contributed by atoms with Gasteiger partial charge in [-0.2, -0.15) is 5.10 Å². The monoisotopic (exact) mass is 251 g/mol. The molecular formula is C13H15F2N3. The lowest BCUT2D eigenvalue weighted by Gasteiger charge is -2.05. The highest BCUT2D eigenvalue weighted by Crippen LogP contribution is 2.15. The highest BCUT2D eigenvalue weighted by molar-refractivity contribution is 5.19. The van der Waals surface area contributed by atoms with Crippen molar-refractivity contribution in [1.29, 1.82) is 0 Å². The van der Waals surface area contributed by atoms with E-state index in [2.05, 4.69) is 5.10 Å². The molecule has 0 spiro atoms. The van der Waals surface area contributed by atoms with E-state index in [1.807, 2.05) is 6.92 Å². The van der Waals surface area contributed by atoms with Gasteiger partial charge in [0.05, 0.1) is 12.7 Å². The number of hydrogen-bond donors (Lipinski definition) is 1. The average Bonchev–Trinajstić information content (AvgIpc) is 2.81. The number of rotatable bonds is 4. The Morgan fingerprint density at radius 3 is 2.89 bits per heavy atom. The molecule has 1 aromatic heterocycles. The van der Waals surface area contributed by atoms with E-state index in [-0.39, 0.29) is 18.2 Å². The second-order valence-corrected chi connectivity index (χ2v) is 4.22. The molecule has 0 aliphatic heterocycles. The lowest BCUT2D eigenvalue weighted by Crippen LogP contribution is -2.07.